The van der Waals surface area contributed by atoms with Crippen molar-refractivity contribution in [3.8, 4) is 0 Å². The summed E-state index contributed by atoms with van der Waals surface area (Å²) in [5, 5.41) is 10.4. The quantitative estimate of drug-likeness (QED) is 0.0937. The van der Waals surface area contributed by atoms with Gasteiger partial charge in [-0.05, 0) is 5.16 Å². The molecule has 0 heterocycles. The number of hydrogen-bond acceptors (Lipinski definition) is 8. The fourth-order valence-electron chi connectivity index (χ4n) is 0.162. The minimum atomic E-state index is -0.542. The fourth-order valence-corrected chi connectivity index (χ4v) is 0.162. The SMILES string of the molecule is NNOC(=NO)ONN. The van der Waals surface area contributed by atoms with Gasteiger partial charge in [-0.25, -0.2) is 11.7 Å². The van der Waals surface area contributed by atoms with Crippen LogP contribution in [0.25, 0.3) is 0 Å². The summed E-state index contributed by atoms with van der Waals surface area (Å²) in [7, 11) is 0. The highest BCUT2D eigenvalue weighted by Gasteiger charge is 1.98. The second kappa shape index (κ2) is 5.05. The maximum Gasteiger partial charge on any atom is 0.463 e. The second-order valence-electron chi connectivity index (χ2n) is 0.806. The van der Waals surface area contributed by atoms with Gasteiger partial charge >= 0.3 is 6.08 Å². The molecule has 0 spiro atoms. The summed E-state index contributed by atoms with van der Waals surface area (Å²) >= 11 is 0. The van der Waals surface area contributed by atoms with Crippen LogP contribution in [0, 0.1) is 0 Å². The van der Waals surface area contributed by atoms with Gasteiger partial charge in [-0.2, -0.15) is 0 Å². The molecule has 8 nitrogen and oxygen atoms in total. The minimum Gasteiger partial charge on any atom is -0.405 e. The molecule has 0 aromatic rings. The van der Waals surface area contributed by atoms with Crippen LogP contribution in [0.1, 0.15) is 0 Å². The Balaban J connectivity index is 3.43. The molecule has 8 heteroatoms. The molecule has 0 atom stereocenters. The first-order valence-corrected chi connectivity index (χ1v) is 1.82. The van der Waals surface area contributed by atoms with E-state index >= 15 is 0 Å². The molecule has 0 bridgehead atoms. The van der Waals surface area contributed by atoms with Crippen molar-refractivity contribution in [3.05, 3.63) is 0 Å². The molecule has 0 saturated carbocycles. The molecule has 54 valence electrons. The lowest BCUT2D eigenvalue weighted by Gasteiger charge is -2.01. The summed E-state index contributed by atoms with van der Waals surface area (Å²) in [6, 6.07) is 0. The van der Waals surface area contributed by atoms with Crippen molar-refractivity contribution in [1.82, 2.24) is 11.2 Å². The van der Waals surface area contributed by atoms with Crippen molar-refractivity contribution >= 4 is 6.08 Å². The van der Waals surface area contributed by atoms with Crippen molar-refractivity contribution in [2.75, 3.05) is 0 Å². The van der Waals surface area contributed by atoms with Gasteiger partial charge in [-0.1, -0.05) is 11.2 Å². The molecular formula is CH7N5O3. The number of nitrogens with zero attached hydrogens (tertiary/aromatic N) is 1. The Bertz CT molecular complexity index is 84.2. The van der Waals surface area contributed by atoms with Crippen LogP contribution < -0.4 is 22.9 Å². The Labute approximate surface area is 50.2 Å². The highest BCUT2D eigenvalue weighted by atomic mass is 16.8. The Kier molecular flexibility index (Phi) is 4.44. The van der Waals surface area contributed by atoms with E-state index in [1.807, 2.05) is 0 Å². The topological polar surface area (TPSA) is 127 Å². The number of oxime groups is 1. The number of hydrazine groups is 2. The number of hydrogen-bond donors (Lipinski definition) is 5. The second-order valence-corrected chi connectivity index (χ2v) is 0.806. The normalized spacial score (nSPS) is 8.22. The Morgan fingerprint density at radius 3 is 2.00 bits per heavy atom. The molecule has 0 aliphatic heterocycles. The van der Waals surface area contributed by atoms with Crippen molar-refractivity contribution in [2.24, 2.45) is 16.8 Å². The predicted octanol–water partition coefficient (Wildman–Crippen LogP) is -2.48. The summed E-state index contributed by atoms with van der Waals surface area (Å²) in [5.41, 5.74) is 3.38. The van der Waals surface area contributed by atoms with E-state index in [9.17, 15) is 0 Å². The summed E-state index contributed by atoms with van der Waals surface area (Å²) in [6.07, 6.45) is -0.542. The van der Waals surface area contributed by atoms with E-state index in [0.29, 0.717) is 0 Å². The molecule has 0 aliphatic carbocycles. The van der Waals surface area contributed by atoms with Crippen LogP contribution in [0.15, 0.2) is 5.16 Å². The monoisotopic (exact) mass is 137 g/mol. The molecule has 0 aromatic carbocycles. The summed E-state index contributed by atoms with van der Waals surface area (Å²) in [5.74, 6) is 9.24. The van der Waals surface area contributed by atoms with Gasteiger partial charge in [-0.3, -0.25) is 0 Å². The number of nitrogens with one attached hydrogen (secondary N) is 2. The molecule has 0 saturated heterocycles. The van der Waals surface area contributed by atoms with Gasteiger partial charge in [0.25, 0.3) is 0 Å². The molecule has 7 N–H and O–H groups in total. The first kappa shape index (κ1) is 7.91. The van der Waals surface area contributed by atoms with E-state index in [-0.39, 0.29) is 0 Å². The van der Waals surface area contributed by atoms with E-state index in [0.717, 1.165) is 0 Å². The zero-order valence-electron chi connectivity index (χ0n) is 4.37. The highest BCUT2D eigenvalue weighted by Crippen LogP contribution is 1.73. The maximum atomic E-state index is 7.94. The predicted molar refractivity (Wildman–Crippen MR) is 26.0 cm³/mol. The van der Waals surface area contributed by atoms with Crippen LogP contribution in [-0.4, -0.2) is 11.3 Å². The lowest BCUT2D eigenvalue weighted by molar-refractivity contribution is 0.0458. The Morgan fingerprint density at radius 2 is 1.78 bits per heavy atom. The summed E-state index contributed by atoms with van der Waals surface area (Å²) in [4.78, 5) is 8.19. The van der Waals surface area contributed by atoms with Gasteiger partial charge in [0.15, 0.2) is 0 Å². The lowest BCUT2D eigenvalue weighted by atomic mass is 11.3. The zero-order chi connectivity index (χ0) is 7.11. The van der Waals surface area contributed by atoms with E-state index in [4.69, 9.17) is 5.21 Å². The number of rotatable bonds is 2. The van der Waals surface area contributed by atoms with Gasteiger partial charge in [0, 0.05) is 0 Å². The van der Waals surface area contributed by atoms with Crippen molar-refractivity contribution in [2.45, 2.75) is 0 Å². The molecule has 0 amide bonds. The Hall–Kier alpha value is -1.09. The largest absolute Gasteiger partial charge is 0.463 e. The first-order chi connectivity index (χ1) is 4.35. The Morgan fingerprint density at radius 1 is 1.33 bits per heavy atom. The number of nitrogens with two attached hydrogens (primary N) is 2. The zero-order valence-corrected chi connectivity index (χ0v) is 4.37. The smallest absolute Gasteiger partial charge is 0.405 e. The van der Waals surface area contributed by atoms with Gasteiger partial charge in [0.1, 0.15) is 0 Å². The fraction of sp³-hybridized carbons (Fsp3) is 0. The molecule has 0 fully saturated rings. The van der Waals surface area contributed by atoms with E-state index in [1.54, 1.807) is 11.2 Å². The third-order valence-corrected chi connectivity index (χ3v) is 0.374. The van der Waals surface area contributed by atoms with Gasteiger partial charge in [-0.15, -0.1) is 0 Å². The van der Waals surface area contributed by atoms with Crippen LogP contribution >= 0.6 is 0 Å². The third kappa shape index (κ3) is 3.49. The minimum absolute atomic E-state index is 0.542. The van der Waals surface area contributed by atoms with E-state index < -0.39 is 6.08 Å². The van der Waals surface area contributed by atoms with Gasteiger partial charge < -0.3 is 14.9 Å². The molecular weight excluding hydrogens is 130 g/mol. The maximum absolute atomic E-state index is 7.94. The average molecular weight is 137 g/mol. The molecule has 0 unspecified atom stereocenters. The van der Waals surface area contributed by atoms with Crippen molar-refractivity contribution in [1.29, 1.82) is 0 Å². The van der Waals surface area contributed by atoms with Crippen LogP contribution in [0.5, 0.6) is 0 Å². The van der Waals surface area contributed by atoms with E-state index in [1.165, 1.54) is 0 Å². The van der Waals surface area contributed by atoms with Crippen LogP contribution in [0.2, 0.25) is 0 Å². The van der Waals surface area contributed by atoms with Gasteiger partial charge in [0.2, 0.25) is 0 Å². The molecule has 0 aliphatic rings. The van der Waals surface area contributed by atoms with Crippen molar-refractivity contribution in [3.63, 3.8) is 0 Å². The van der Waals surface area contributed by atoms with Gasteiger partial charge in [0.05, 0.1) is 0 Å². The average Bonchev–Trinajstić information content (AvgIpc) is 1.88. The standard InChI is InChI=1S/CH7N5O3/c2-5-8-1(4-7)9-6-3/h5-7H,2-3H2. The molecule has 0 radical (unpaired) electrons. The third-order valence-electron chi connectivity index (χ3n) is 0.374. The lowest BCUT2D eigenvalue weighted by Crippen LogP contribution is -2.33. The van der Waals surface area contributed by atoms with Crippen molar-refractivity contribution < 1.29 is 14.9 Å². The summed E-state index contributed by atoms with van der Waals surface area (Å²) < 4.78 is 0. The van der Waals surface area contributed by atoms with Crippen LogP contribution in [-0.2, 0) is 9.68 Å². The van der Waals surface area contributed by atoms with E-state index in [2.05, 4.69) is 26.5 Å². The highest BCUT2D eigenvalue weighted by molar-refractivity contribution is 5.65. The van der Waals surface area contributed by atoms with Crippen LogP contribution in [0.4, 0.5) is 0 Å². The summed E-state index contributed by atoms with van der Waals surface area (Å²) in [6.45, 7) is 0. The molecule has 9 heavy (non-hydrogen) atoms. The first-order valence-electron chi connectivity index (χ1n) is 1.82. The van der Waals surface area contributed by atoms with Crippen LogP contribution in [0.3, 0.4) is 0 Å². The molecule has 0 rings (SSSR count). The molecule has 0 aromatic heterocycles.